The van der Waals surface area contributed by atoms with Crippen LogP contribution < -0.4 is 10.2 Å². The van der Waals surface area contributed by atoms with E-state index in [0.717, 1.165) is 36.4 Å². The highest BCUT2D eigenvalue weighted by molar-refractivity contribution is 6.01. The molecule has 1 aliphatic rings. The van der Waals surface area contributed by atoms with E-state index in [1.807, 2.05) is 18.5 Å². The average Bonchev–Trinajstić information content (AvgIpc) is 3.06. The molecule has 2 N–H and O–H groups in total. The molecule has 0 aromatic carbocycles. The lowest BCUT2D eigenvalue weighted by Gasteiger charge is -2.35. The van der Waals surface area contributed by atoms with Gasteiger partial charge in [0.05, 0.1) is 0 Å². The quantitative estimate of drug-likeness (QED) is 0.627. The zero-order chi connectivity index (χ0) is 17.6. The van der Waals surface area contributed by atoms with Gasteiger partial charge in [0.2, 0.25) is 0 Å². The second-order valence-electron chi connectivity index (χ2n) is 6.35. The van der Waals surface area contributed by atoms with Crippen LogP contribution in [0.15, 0.2) is 34.7 Å². The van der Waals surface area contributed by atoms with Gasteiger partial charge in [-0.2, -0.15) is 10.2 Å². The third kappa shape index (κ3) is 3.79. The molecule has 25 heavy (non-hydrogen) atoms. The number of pyridine rings is 1. The maximum atomic E-state index is 4.50. The largest absolute Gasteiger partial charge is 0.369 e. The Bertz CT molecular complexity index is 786. The van der Waals surface area contributed by atoms with Gasteiger partial charge in [-0.05, 0) is 44.0 Å². The van der Waals surface area contributed by atoms with Crippen LogP contribution in [0.5, 0.6) is 0 Å². The van der Waals surface area contributed by atoms with Crippen molar-refractivity contribution in [2.45, 2.75) is 32.7 Å². The molecule has 0 radical (unpaired) electrons. The Morgan fingerprint density at radius 2 is 2.44 bits per heavy atom. The van der Waals surface area contributed by atoms with Crippen LogP contribution in [0.3, 0.4) is 0 Å². The molecular formula is C19H26N6. The maximum Gasteiger partial charge on any atom is 0.139 e. The third-order valence-electron chi connectivity index (χ3n) is 4.70. The molecule has 2 aromatic rings. The van der Waals surface area contributed by atoms with Crippen molar-refractivity contribution in [2.75, 3.05) is 24.5 Å². The molecule has 0 aliphatic carbocycles. The van der Waals surface area contributed by atoms with Crippen LogP contribution in [-0.2, 0) is 0 Å². The van der Waals surface area contributed by atoms with Crippen molar-refractivity contribution < 1.29 is 0 Å². The first-order chi connectivity index (χ1) is 12.2. The Morgan fingerprint density at radius 1 is 1.56 bits per heavy atom. The number of hydrogen-bond donors (Lipinski definition) is 2. The normalized spacial score (nSPS) is 19.0. The van der Waals surface area contributed by atoms with Crippen molar-refractivity contribution in [3.05, 3.63) is 30.1 Å². The fraction of sp³-hybridized carbons (Fsp3) is 0.421. The first kappa shape index (κ1) is 17.4. The molecule has 1 fully saturated rings. The number of anilines is 1. The molecule has 1 saturated heterocycles. The fourth-order valence-corrected chi connectivity index (χ4v) is 3.55. The van der Waals surface area contributed by atoms with Gasteiger partial charge in [-0.15, -0.1) is 0 Å². The Balaban J connectivity index is 1.98. The van der Waals surface area contributed by atoms with Gasteiger partial charge in [0.1, 0.15) is 5.65 Å². The highest BCUT2D eigenvalue weighted by atomic mass is 15.2. The third-order valence-corrected chi connectivity index (χ3v) is 4.70. The highest BCUT2D eigenvalue weighted by Crippen LogP contribution is 2.33. The van der Waals surface area contributed by atoms with E-state index >= 15 is 0 Å². The standard InChI is InChI=1S/C19H26N6/c1-4-21-15-6-5-11-25(13-15)17-8-9-22-19-18(17)16(12-23-19)14(2)7-10-24-20-3/h7-10,12,15,21H,3-6,11,13H2,1-2H3,(H,22,23)/b14-7+,24-10-/t15-/m0/s1. The first-order valence-electron chi connectivity index (χ1n) is 8.85. The molecule has 6 heteroatoms. The maximum absolute atomic E-state index is 4.50. The van der Waals surface area contributed by atoms with Crippen LogP contribution in [-0.4, -0.2) is 48.6 Å². The van der Waals surface area contributed by atoms with E-state index < -0.39 is 0 Å². The summed E-state index contributed by atoms with van der Waals surface area (Å²) >= 11 is 0. The number of fused-ring (bicyclic) bond motifs is 1. The second-order valence-corrected chi connectivity index (χ2v) is 6.35. The lowest BCUT2D eigenvalue weighted by molar-refractivity contribution is 0.432. The molecule has 0 unspecified atom stereocenters. The summed E-state index contributed by atoms with van der Waals surface area (Å²) in [5, 5.41) is 12.1. The first-order valence-corrected chi connectivity index (χ1v) is 8.85. The van der Waals surface area contributed by atoms with E-state index in [1.54, 1.807) is 6.21 Å². The second kappa shape index (κ2) is 8.07. The van der Waals surface area contributed by atoms with Crippen LogP contribution in [0.4, 0.5) is 5.69 Å². The molecule has 3 heterocycles. The SMILES string of the molecule is C=N/N=C\C=C(/C)c1c[nH]c2nccc(N3CCC[C@H](NCC)C3)c12. The van der Waals surface area contributed by atoms with Gasteiger partial charge >= 0.3 is 0 Å². The minimum absolute atomic E-state index is 0.548. The van der Waals surface area contributed by atoms with Gasteiger partial charge in [0.25, 0.3) is 0 Å². The molecule has 132 valence electrons. The number of hydrogen-bond acceptors (Lipinski definition) is 5. The van der Waals surface area contributed by atoms with Crippen molar-refractivity contribution in [3.8, 4) is 0 Å². The van der Waals surface area contributed by atoms with Crippen molar-refractivity contribution in [3.63, 3.8) is 0 Å². The van der Waals surface area contributed by atoms with Crippen molar-refractivity contribution in [2.24, 2.45) is 10.2 Å². The van der Waals surface area contributed by atoms with Crippen molar-refractivity contribution in [1.82, 2.24) is 15.3 Å². The summed E-state index contributed by atoms with van der Waals surface area (Å²) in [6.45, 7) is 10.7. The lowest BCUT2D eigenvalue weighted by Crippen LogP contribution is -2.45. The Hall–Kier alpha value is -2.47. The number of allylic oxidation sites excluding steroid dienone is 2. The Labute approximate surface area is 148 Å². The van der Waals surface area contributed by atoms with Crippen LogP contribution in [0, 0.1) is 0 Å². The van der Waals surface area contributed by atoms with E-state index in [1.165, 1.54) is 23.9 Å². The van der Waals surface area contributed by atoms with Crippen LogP contribution >= 0.6 is 0 Å². The summed E-state index contributed by atoms with van der Waals surface area (Å²) in [6.07, 6.45) is 9.96. The van der Waals surface area contributed by atoms with Crippen LogP contribution in [0.2, 0.25) is 0 Å². The smallest absolute Gasteiger partial charge is 0.139 e. The van der Waals surface area contributed by atoms with Gasteiger partial charge in [-0.1, -0.05) is 6.92 Å². The van der Waals surface area contributed by atoms with E-state index in [2.05, 4.69) is 57.0 Å². The van der Waals surface area contributed by atoms with Crippen LogP contribution in [0.1, 0.15) is 32.3 Å². The topological polar surface area (TPSA) is 68.7 Å². The summed E-state index contributed by atoms with van der Waals surface area (Å²) in [5.41, 5.74) is 4.44. The zero-order valence-corrected chi connectivity index (χ0v) is 15.0. The summed E-state index contributed by atoms with van der Waals surface area (Å²) < 4.78 is 0. The minimum atomic E-state index is 0.548. The molecule has 3 rings (SSSR count). The van der Waals surface area contributed by atoms with Gasteiger partial charge in [0.15, 0.2) is 0 Å². The molecule has 6 nitrogen and oxygen atoms in total. The summed E-state index contributed by atoms with van der Waals surface area (Å²) in [4.78, 5) is 10.3. The van der Waals surface area contributed by atoms with E-state index in [4.69, 9.17) is 0 Å². The monoisotopic (exact) mass is 338 g/mol. The Morgan fingerprint density at radius 3 is 3.24 bits per heavy atom. The van der Waals surface area contributed by atoms with E-state index in [0.29, 0.717) is 6.04 Å². The van der Waals surface area contributed by atoms with Gasteiger partial charge in [0, 0.05) is 61.1 Å². The molecule has 2 aromatic heterocycles. The molecule has 0 saturated carbocycles. The van der Waals surface area contributed by atoms with Gasteiger partial charge < -0.3 is 15.2 Å². The predicted octanol–water partition coefficient (Wildman–Crippen LogP) is 3.23. The number of nitrogens with one attached hydrogen (secondary N) is 2. The number of H-pyrrole nitrogens is 1. The van der Waals surface area contributed by atoms with Crippen molar-refractivity contribution in [1.29, 1.82) is 0 Å². The molecule has 1 atom stereocenters. The number of piperidine rings is 1. The number of likely N-dealkylation sites (N-methyl/N-ethyl adjacent to an activating group) is 1. The lowest BCUT2D eigenvalue weighted by atomic mass is 10.0. The summed E-state index contributed by atoms with van der Waals surface area (Å²) in [7, 11) is 0. The number of aromatic amines is 1. The summed E-state index contributed by atoms with van der Waals surface area (Å²) in [6, 6.07) is 2.67. The highest BCUT2D eigenvalue weighted by Gasteiger charge is 2.22. The molecule has 0 spiro atoms. The minimum Gasteiger partial charge on any atom is -0.369 e. The molecule has 0 amide bonds. The van der Waals surface area contributed by atoms with E-state index in [9.17, 15) is 0 Å². The number of nitrogens with zero attached hydrogens (tertiary/aromatic N) is 4. The molecule has 0 bridgehead atoms. The fourth-order valence-electron chi connectivity index (χ4n) is 3.55. The Kier molecular flexibility index (Phi) is 5.60. The van der Waals surface area contributed by atoms with Crippen LogP contribution in [0.25, 0.3) is 16.6 Å². The summed E-state index contributed by atoms with van der Waals surface area (Å²) in [5.74, 6) is 0. The van der Waals surface area contributed by atoms with E-state index in [-0.39, 0.29) is 0 Å². The average molecular weight is 338 g/mol. The van der Waals surface area contributed by atoms with Gasteiger partial charge in [-0.3, -0.25) is 0 Å². The number of aromatic nitrogens is 2. The van der Waals surface area contributed by atoms with Crippen molar-refractivity contribution >= 4 is 35.2 Å². The molecular weight excluding hydrogens is 312 g/mol. The van der Waals surface area contributed by atoms with Gasteiger partial charge in [-0.25, -0.2) is 4.98 Å². The zero-order valence-electron chi connectivity index (χ0n) is 15.0. The predicted molar refractivity (Wildman–Crippen MR) is 107 cm³/mol. The molecule has 1 aliphatic heterocycles. The number of rotatable bonds is 6.